The van der Waals surface area contributed by atoms with Crippen molar-refractivity contribution in [3.63, 3.8) is 0 Å². The summed E-state index contributed by atoms with van der Waals surface area (Å²) in [5.41, 5.74) is 0.684. The molecule has 2 aliphatic heterocycles. The molecule has 0 amide bonds. The van der Waals surface area contributed by atoms with E-state index in [-0.39, 0.29) is 5.82 Å². The molecule has 0 spiro atoms. The molecule has 0 aliphatic carbocycles. The van der Waals surface area contributed by atoms with Crippen LogP contribution in [-0.4, -0.2) is 25.8 Å². The summed E-state index contributed by atoms with van der Waals surface area (Å²) >= 11 is 3.47. The van der Waals surface area contributed by atoms with Gasteiger partial charge in [0.2, 0.25) is 0 Å². The highest BCUT2D eigenvalue weighted by atomic mass is 79.9. The molecule has 3 rings (SSSR count). The van der Waals surface area contributed by atoms with Gasteiger partial charge in [0.05, 0.1) is 4.47 Å². The van der Waals surface area contributed by atoms with Crippen LogP contribution in [0.3, 0.4) is 0 Å². The summed E-state index contributed by atoms with van der Waals surface area (Å²) in [6.07, 6.45) is 4.20. The Balaban J connectivity index is 1.87. The quantitative estimate of drug-likeness (QED) is 0.904. The molecule has 0 saturated carbocycles. The van der Waals surface area contributed by atoms with Crippen LogP contribution in [0.5, 0.6) is 11.5 Å². The van der Waals surface area contributed by atoms with Gasteiger partial charge in [-0.25, -0.2) is 4.39 Å². The van der Waals surface area contributed by atoms with Gasteiger partial charge >= 0.3 is 0 Å². The van der Waals surface area contributed by atoms with Crippen LogP contribution in [0.2, 0.25) is 0 Å². The summed E-state index contributed by atoms with van der Waals surface area (Å²) in [6.45, 7) is 2.01. The highest BCUT2D eigenvalue weighted by molar-refractivity contribution is 9.10. The molecule has 1 unspecified atom stereocenters. The van der Waals surface area contributed by atoms with E-state index in [2.05, 4.69) is 21.2 Å². The molecule has 1 aromatic rings. The Bertz CT molecular complexity index is 475. The fourth-order valence-electron chi connectivity index (χ4n) is 2.69. The number of benzene rings is 1. The Morgan fingerprint density at radius 3 is 2.95 bits per heavy atom. The summed E-state index contributed by atoms with van der Waals surface area (Å²) in [5.74, 6) is 0.915. The Morgan fingerprint density at radius 1 is 1.32 bits per heavy atom. The Morgan fingerprint density at radius 2 is 2.16 bits per heavy atom. The lowest BCUT2D eigenvalue weighted by molar-refractivity contribution is 0.169. The summed E-state index contributed by atoms with van der Waals surface area (Å²) < 4.78 is 25.9. The Kier molecular flexibility index (Phi) is 3.93. The van der Waals surface area contributed by atoms with Gasteiger partial charge in [0.25, 0.3) is 0 Å². The van der Waals surface area contributed by atoms with Crippen LogP contribution in [0.15, 0.2) is 10.5 Å². The monoisotopic (exact) mass is 329 g/mol. The Hall–Kier alpha value is -0.810. The summed E-state index contributed by atoms with van der Waals surface area (Å²) in [5, 5.41) is 3.44. The second kappa shape index (κ2) is 5.67. The van der Waals surface area contributed by atoms with E-state index in [9.17, 15) is 4.39 Å². The molecule has 1 saturated heterocycles. The van der Waals surface area contributed by atoms with E-state index in [1.54, 1.807) is 0 Å². The zero-order valence-corrected chi connectivity index (χ0v) is 12.3. The van der Waals surface area contributed by atoms with Crippen LogP contribution in [0.1, 0.15) is 24.8 Å². The van der Waals surface area contributed by atoms with E-state index >= 15 is 0 Å². The number of piperidine rings is 1. The van der Waals surface area contributed by atoms with E-state index in [4.69, 9.17) is 9.47 Å². The van der Waals surface area contributed by atoms with Gasteiger partial charge in [-0.15, -0.1) is 0 Å². The van der Waals surface area contributed by atoms with E-state index in [1.165, 1.54) is 18.9 Å². The molecule has 0 radical (unpaired) electrons. The molecule has 104 valence electrons. The SMILES string of the molecule is Fc1cc2c(c(Br)c1CC1CCCCN1)OCCO2. The third-order valence-electron chi connectivity index (χ3n) is 3.68. The van der Waals surface area contributed by atoms with Crippen LogP contribution in [-0.2, 0) is 6.42 Å². The topological polar surface area (TPSA) is 30.5 Å². The zero-order valence-electron chi connectivity index (χ0n) is 10.7. The van der Waals surface area contributed by atoms with Crippen molar-refractivity contribution in [2.75, 3.05) is 19.8 Å². The summed E-state index contributed by atoms with van der Waals surface area (Å²) in [7, 11) is 0. The third kappa shape index (κ3) is 2.72. The van der Waals surface area contributed by atoms with Crippen LogP contribution in [0.25, 0.3) is 0 Å². The standard InChI is InChI=1S/C14H17BrFNO2/c15-13-10(7-9-3-1-2-4-17-9)11(16)8-12-14(13)19-6-5-18-12/h8-9,17H,1-7H2. The predicted molar refractivity (Wildman–Crippen MR) is 74.4 cm³/mol. The summed E-state index contributed by atoms with van der Waals surface area (Å²) in [6, 6.07) is 1.79. The normalized spacial score (nSPS) is 22.3. The van der Waals surface area contributed by atoms with Crippen molar-refractivity contribution < 1.29 is 13.9 Å². The van der Waals surface area contributed by atoms with Crippen LogP contribution in [0.4, 0.5) is 4.39 Å². The fraction of sp³-hybridized carbons (Fsp3) is 0.571. The van der Waals surface area contributed by atoms with Crippen LogP contribution in [0, 0.1) is 5.82 Å². The second-order valence-corrected chi connectivity index (χ2v) is 5.82. The first-order valence-electron chi connectivity index (χ1n) is 6.75. The fourth-order valence-corrected chi connectivity index (χ4v) is 3.35. The van der Waals surface area contributed by atoms with E-state index in [0.717, 1.165) is 13.0 Å². The number of halogens is 2. The largest absolute Gasteiger partial charge is 0.486 e. The smallest absolute Gasteiger partial charge is 0.176 e. The summed E-state index contributed by atoms with van der Waals surface area (Å²) in [4.78, 5) is 0. The van der Waals surface area contributed by atoms with Crippen molar-refractivity contribution in [2.24, 2.45) is 0 Å². The molecule has 2 aliphatic rings. The third-order valence-corrected chi connectivity index (χ3v) is 4.52. The van der Waals surface area contributed by atoms with E-state index < -0.39 is 0 Å². The maximum atomic E-state index is 14.2. The zero-order chi connectivity index (χ0) is 13.2. The first-order valence-corrected chi connectivity index (χ1v) is 7.55. The lowest BCUT2D eigenvalue weighted by Gasteiger charge is -2.26. The molecular weight excluding hydrogens is 313 g/mol. The molecule has 1 atom stereocenters. The van der Waals surface area contributed by atoms with Crippen LogP contribution >= 0.6 is 15.9 Å². The number of hydrogen-bond donors (Lipinski definition) is 1. The molecule has 3 nitrogen and oxygen atoms in total. The van der Waals surface area contributed by atoms with Crippen molar-refractivity contribution in [1.82, 2.24) is 5.32 Å². The van der Waals surface area contributed by atoms with Crippen molar-refractivity contribution in [1.29, 1.82) is 0 Å². The predicted octanol–water partition coefficient (Wildman–Crippen LogP) is 3.04. The van der Waals surface area contributed by atoms with Gasteiger partial charge in [-0.1, -0.05) is 6.42 Å². The van der Waals surface area contributed by atoms with Crippen molar-refractivity contribution >= 4 is 15.9 Å². The highest BCUT2D eigenvalue weighted by Gasteiger charge is 2.24. The first-order chi connectivity index (χ1) is 9.25. The minimum absolute atomic E-state index is 0.219. The molecule has 2 heterocycles. The van der Waals surface area contributed by atoms with E-state index in [0.29, 0.717) is 47.2 Å². The molecule has 1 fully saturated rings. The van der Waals surface area contributed by atoms with Gasteiger partial charge in [-0.05, 0) is 41.7 Å². The van der Waals surface area contributed by atoms with Crippen LogP contribution < -0.4 is 14.8 Å². The average Bonchev–Trinajstić information content (AvgIpc) is 2.45. The molecular formula is C14H17BrFNO2. The lowest BCUT2D eigenvalue weighted by atomic mass is 9.97. The number of nitrogens with one attached hydrogen (secondary N) is 1. The maximum Gasteiger partial charge on any atom is 0.176 e. The van der Waals surface area contributed by atoms with Gasteiger partial charge in [0.15, 0.2) is 11.5 Å². The maximum absolute atomic E-state index is 14.2. The molecule has 5 heteroatoms. The van der Waals surface area contributed by atoms with Crippen molar-refractivity contribution in [3.8, 4) is 11.5 Å². The molecule has 19 heavy (non-hydrogen) atoms. The van der Waals surface area contributed by atoms with Crippen molar-refractivity contribution in [2.45, 2.75) is 31.7 Å². The van der Waals surface area contributed by atoms with Gasteiger partial charge in [0.1, 0.15) is 19.0 Å². The van der Waals surface area contributed by atoms with Gasteiger partial charge in [-0.2, -0.15) is 0 Å². The average molecular weight is 330 g/mol. The number of ether oxygens (including phenoxy) is 2. The number of rotatable bonds is 2. The Labute approximate surface area is 120 Å². The van der Waals surface area contributed by atoms with Crippen molar-refractivity contribution in [3.05, 3.63) is 21.9 Å². The van der Waals surface area contributed by atoms with E-state index in [1.807, 2.05) is 0 Å². The highest BCUT2D eigenvalue weighted by Crippen LogP contribution is 2.41. The van der Waals surface area contributed by atoms with Gasteiger partial charge in [-0.3, -0.25) is 0 Å². The number of fused-ring (bicyclic) bond motifs is 1. The minimum atomic E-state index is -0.219. The molecule has 1 aromatic carbocycles. The number of hydrogen-bond acceptors (Lipinski definition) is 3. The molecule has 0 aromatic heterocycles. The second-order valence-electron chi connectivity index (χ2n) is 5.03. The van der Waals surface area contributed by atoms with Gasteiger partial charge < -0.3 is 14.8 Å². The molecule has 1 N–H and O–H groups in total. The minimum Gasteiger partial charge on any atom is -0.486 e. The lowest BCUT2D eigenvalue weighted by Crippen LogP contribution is -2.36. The molecule has 0 bridgehead atoms. The first kappa shape index (κ1) is 13.2. The van der Waals surface area contributed by atoms with Gasteiger partial charge in [0, 0.05) is 17.7 Å².